The van der Waals surface area contributed by atoms with E-state index < -0.39 is 0 Å². The quantitative estimate of drug-likeness (QED) is 0.206. The van der Waals surface area contributed by atoms with Gasteiger partial charge in [-0.2, -0.15) is 0 Å². The van der Waals surface area contributed by atoms with Crippen LogP contribution in [0.15, 0.2) is 150 Å². The average Bonchev–Trinajstić information content (AvgIpc) is 3.47. The molecule has 0 unspecified atom stereocenters. The Hall–Kier alpha value is -5.80. The maximum atomic E-state index is 6.79. The van der Waals surface area contributed by atoms with Gasteiger partial charge in [-0.1, -0.05) is 115 Å². The summed E-state index contributed by atoms with van der Waals surface area (Å²) in [6, 6.07) is 50.5. The Morgan fingerprint density at radius 2 is 1.07 bits per heavy atom. The Bertz CT molecular complexity index is 2500. The van der Waals surface area contributed by atoms with Crippen LogP contribution in [0.5, 0.6) is 0 Å². The number of pyridine rings is 2. The number of benzene rings is 6. The predicted octanol–water partition coefficient (Wildman–Crippen LogP) is 10.8. The molecule has 0 N–H and O–H groups in total. The molecule has 3 aromatic heterocycles. The molecule has 0 atom stereocenters. The molecule has 0 saturated heterocycles. The standard InChI is InChI=1S/C40H24N2O/c1-3-12-25(13-4-1)35-24-32(27-16-7-9-20-33(27)41-35)28-18-11-19-31-38-36(43-40(28)31)23-22-30-37(38)29-17-8-10-21-34(29)42-39(30)26-14-5-2-6-15-26/h1-24H. The van der Waals surface area contributed by atoms with Crippen molar-refractivity contribution >= 4 is 54.5 Å². The Labute approximate surface area is 247 Å². The number of hydrogen-bond donors (Lipinski definition) is 0. The minimum Gasteiger partial charge on any atom is -0.455 e. The summed E-state index contributed by atoms with van der Waals surface area (Å²) in [6.45, 7) is 0. The predicted molar refractivity (Wildman–Crippen MR) is 178 cm³/mol. The first-order valence-corrected chi connectivity index (χ1v) is 14.5. The zero-order chi connectivity index (χ0) is 28.3. The number of aromatic nitrogens is 2. The molecule has 9 aromatic rings. The number of nitrogens with zero attached hydrogens (tertiary/aromatic N) is 2. The van der Waals surface area contributed by atoms with Crippen LogP contribution in [0.2, 0.25) is 0 Å². The van der Waals surface area contributed by atoms with Crippen LogP contribution in [-0.2, 0) is 0 Å². The summed E-state index contributed by atoms with van der Waals surface area (Å²) in [7, 11) is 0. The van der Waals surface area contributed by atoms with Crippen LogP contribution in [0.25, 0.3) is 88.2 Å². The van der Waals surface area contributed by atoms with E-state index in [9.17, 15) is 0 Å². The fraction of sp³-hybridized carbons (Fsp3) is 0. The van der Waals surface area contributed by atoms with Gasteiger partial charge in [0.1, 0.15) is 11.2 Å². The van der Waals surface area contributed by atoms with Crippen molar-refractivity contribution < 1.29 is 4.42 Å². The third kappa shape index (κ3) is 3.68. The normalized spacial score (nSPS) is 11.7. The number of furan rings is 1. The van der Waals surface area contributed by atoms with Crippen molar-refractivity contribution in [2.75, 3.05) is 0 Å². The van der Waals surface area contributed by atoms with E-state index in [1.54, 1.807) is 0 Å². The molecule has 6 aromatic carbocycles. The van der Waals surface area contributed by atoms with Crippen molar-refractivity contribution in [1.82, 2.24) is 9.97 Å². The molecular formula is C40H24N2O. The molecule has 3 heteroatoms. The van der Waals surface area contributed by atoms with Gasteiger partial charge >= 0.3 is 0 Å². The summed E-state index contributed by atoms with van der Waals surface area (Å²) in [4.78, 5) is 10.2. The second-order valence-electron chi connectivity index (χ2n) is 10.9. The van der Waals surface area contributed by atoms with E-state index >= 15 is 0 Å². The number of rotatable bonds is 3. The molecule has 9 rings (SSSR count). The van der Waals surface area contributed by atoms with Gasteiger partial charge in [0.2, 0.25) is 0 Å². The van der Waals surface area contributed by atoms with Gasteiger partial charge in [-0.25, -0.2) is 9.97 Å². The number of para-hydroxylation sites is 3. The molecule has 3 nitrogen and oxygen atoms in total. The summed E-state index contributed by atoms with van der Waals surface area (Å²) in [6.07, 6.45) is 0. The van der Waals surface area contributed by atoms with Crippen LogP contribution >= 0.6 is 0 Å². The lowest BCUT2D eigenvalue weighted by molar-refractivity contribution is 0.670. The van der Waals surface area contributed by atoms with E-state index in [2.05, 4.69) is 127 Å². The van der Waals surface area contributed by atoms with E-state index in [4.69, 9.17) is 14.4 Å². The molecule has 200 valence electrons. The molecule has 0 saturated carbocycles. The summed E-state index contributed by atoms with van der Waals surface area (Å²) >= 11 is 0. The van der Waals surface area contributed by atoms with Gasteiger partial charge in [0.05, 0.1) is 22.4 Å². The monoisotopic (exact) mass is 548 g/mol. The lowest BCUT2D eigenvalue weighted by atomic mass is 9.94. The molecule has 43 heavy (non-hydrogen) atoms. The lowest BCUT2D eigenvalue weighted by Crippen LogP contribution is -1.90. The molecule has 3 heterocycles. The number of hydrogen-bond acceptors (Lipinski definition) is 3. The van der Waals surface area contributed by atoms with Crippen molar-refractivity contribution in [3.05, 3.63) is 146 Å². The first kappa shape index (κ1) is 23.9. The highest BCUT2D eigenvalue weighted by Gasteiger charge is 2.20. The van der Waals surface area contributed by atoms with Crippen LogP contribution in [0.4, 0.5) is 0 Å². The molecule has 0 fully saturated rings. The molecule has 0 aliphatic heterocycles. The highest BCUT2D eigenvalue weighted by molar-refractivity contribution is 6.29. The van der Waals surface area contributed by atoms with Crippen LogP contribution in [0, 0.1) is 0 Å². The van der Waals surface area contributed by atoms with Crippen molar-refractivity contribution in [2.24, 2.45) is 0 Å². The molecular weight excluding hydrogens is 524 g/mol. The van der Waals surface area contributed by atoms with E-state index in [-0.39, 0.29) is 0 Å². The third-order valence-electron chi connectivity index (χ3n) is 8.45. The van der Waals surface area contributed by atoms with Gasteiger partial charge in [0.25, 0.3) is 0 Å². The first-order chi connectivity index (χ1) is 21.3. The lowest BCUT2D eigenvalue weighted by Gasteiger charge is -2.11. The summed E-state index contributed by atoms with van der Waals surface area (Å²) in [5.74, 6) is 0. The summed E-state index contributed by atoms with van der Waals surface area (Å²) in [5.41, 5.74) is 9.95. The minimum atomic E-state index is 0.868. The Kier molecular flexibility index (Phi) is 5.20. The summed E-state index contributed by atoms with van der Waals surface area (Å²) < 4.78 is 6.79. The fourth-order valence-corrected chi connectivity index (χ4v) is 6.51. The second-order valence-corrected chi connectivity index (χ2v) is 10.9. The van der Waals surface area contributed by atoms with Gasteiger partial charge < -0.3 is 4.42 Å². The van der Waals surface area contributed by atoms with E-state index in [0.29, 0.717) is 0 Å². The zero-order valence-electron chi connectivity index (χ0n) is 23.2. The third-order valence-corrected chi connectivity index (χ3v) is 8.45. The van der Waals surface area contributed by atoms with Crippen LogP contribution < -0.4 is 0 Å². The molecule has 0 bridgehead atoms. The number of fused-ring (bicyclic) bond motifs is 8. The molecule has 0 aliphatic carbocycles. The highest BCUT2D eigenvalue weighted by Crippen LogP contribution is 2.44. The van der Waals surface area contributed by atoms with Gasteiger partial charge in [0, 0.05) is 49.0 Å². The topological polar surface area (TPSA) is 38.9 Å². The highest BCUT2D eigenvalue weighted by atomic mass is 16.3. The van der Waals surface area contributed by atoms with Crippen molar-refractivity contribution in [2.45, 2.75) is 0 Å². The molecule has 0 amide bonds. The van der Waals surface area contributed by atoms with Crippen LogP contribution in [0.3, 0.4) is 0 Å². The minimum absolute atomic E-state index is 0.868. The maximum Gasteiger partial charge on any atom is 0.143 e. The van der Waals surface area contributed by atoms with Gasteiger partial charge in [-0.15, -0.1) is 0 Å². The Balaban J connectivity index is 1.40. The maximum absolute atomic E-state index is 6.79. The Morgan fingerprint density at radius 3 is 1.86 bits per heavy atom. The van der Waals surface area contributed by atoms with Gasteiger partial charge in [0.15, 0.2) is 0 Å². The van der Waals surface area contributed by atoms with Gasteiger partial charge in [-0.05, 0) is 35.9 Å². The van der Waals surface area contributed by atoms with E-state index in [1.807, 2.05) is 18.2 Å². The molecule has 0 spiro atoms. The second kappa shape index (κ2) is 9.37. The molecule has 0 aliphatic rings. The first-order valence-electron chi connectivity index (χ1n) is 14.5. The molecule has 0 radical (unpaired) electrons. The van der Waals surface area contributed by atoms with Crippen LogP contribution in [-0.4, -0.2) is 9.97 Å². The van der Waals surface area contributed by atoms with Crippen molar-refractivity contribution in [1.29, 1.82) is 0 Å². The van der Waals surface area contributed by atoms with Gasteiger partial charge in [-0.3, -0.25) is 0 Å². The summed E-state index contributed by atoms with van der Waals surface area (Å²) in [5, 5.41) is 6.72. The Morgan fingerprint density at radius 1 is 0.419 bits per heavy atom. The van der Waals surface area contributed by atoms with E-state index in [0.717, 1.165) is 82.8 Å². The van der Waals surface area contributed by atoms with Crippen LogP contribution in [0.1, 0.15) is 0 Å². The SMILES string of the molecule is c1ccc(-c2cc(-c3cccc4c3oc3ccc5c(-c6ccccc6)nc6ccccc6c5c34)c3ccccc3n2)cc1. The zero-order valence-corrected chi connectivity index (χ0v) is 23.2. The fourth-order valence-electron chi connectivity index (χ4n) is 6.51. The average molecular weight is 549 g/mol. The van der Waals surface area contributed by atoms with Crippen molar-refractivity contribution in [3.8, 4) is 33.6 Å². The largest absolute Gasteiger partial charge is 0.455 e. The van der Waals surface area contributed by atoms with Crippen molar-refractivity contribution in [3.63, 3.8) is 0 Å². The van der Waals surface area contributed by atoms with E-state index in [1.165, 1.54) is 5.39 Å². The smallest absolute Gasteiger partial charge is 0.143 e.